The van der Waals surface area contributed by atoms with Crippen molar-refractivity contribution in [3.05, 3.63) is 59.7 Å². The Morgan fingerprint density at radius 1 is 1.10 bits per heavy atom. The minimum absolute atomic E-state index is 0.289. The summed E-state index contributed by atoms with van der Waals surface area (Å²) in [6, 6.07) is 17.2. The first-order chi connectivity index (χ1) is 10.2. The maximum atomic E-state index is 5.49. The molecule has 1 N–H and O–H groups in total. The van der Waals surface area contributed by atoms with Crippen molar-refractivity contribution in [1.82, 2.24) is 5.32 Å². The van der Waals surface area contributed by atoms with Crippen LogP contribution < -0.4 is 10.1 Å². The lowest BCUT2D eigenvalue weighted by molar-refractivity contribution is 0.403. The fourth-order valence-electron chi connectivity index (χ4n) is 2.27. The number of ether oxygens (including phenoxy) is 1. The Morgan fingerprint density at radius 3 is 2.48 bits per heavy atom. The lowest BCUT2D eigenvalue weighted by Gasteiger charge is -2.20. The average molecular weight is 301 g/mol. The van der Waals surface area contributed by atoms with E-state index >= 15 is 0 Å². The molecule has 0 bridgehead atoms. The van der Waals surface area contributed by atoms with Crippen LogP contribution in [0.25, 0.3) is 0 Å². The van der Waals surface area contributed by atoms with E-state index in [1.54, 1.807) is 7.11 Å². The van der Waals surface area contributed by atoms with E-state index in [9.17, 15) is 0 Å². The first-order valence-electron chi connectivity index (χ1n) is 7.30. The fourth-order valence-corrected chi connectivity index (χ4v) is 3.26. The summed E-state index contributed by atoms with van der Waals surface area (Å²) in [5.41, 5.74) is 2.52. The second kappa shape index (κ2) is 8.11. The Morgan fingerprint density at radius 2 is 1.81 bits per heavy atom. The molecular formula is C18H23NOS. The van der Waals surface area contributed by atoms with E-state index in [4.69, 9.17) is 4.74 Å². The van der Waals surface area contributed by atoms with Crippen LogP contribution >= 0.6 is 11.8 Å². The van der Waals surface area contributed by atoms with E-state index in [0.29, 0.717) is 0 Å². The number of thioether (sulfide) groups is 1. The van der Waals surface area contributed by atoms with Gasteiger partial charge in [0.2, 0.25) is 0 Å². The van der Waals surface area contributed by atoms with Gasteiger partial charge in [-0.25, -0.2) is 0 Å². The predicted molar refractivity (Wildman–Crippen MR) is 91.3 cm³/mol. The summed E-state index contributed by atoms with van der Waals surface area (Å²) >= 11 is 1.87. The van der Waals surface area contributed by atoms with E-state index in [-0.39, 0.29) is 6.04 Å². The Kier molecular flexibility index (Phi) is 6.15. The van der Waals surface area contributed by atoms with Gasteiger partial charge in [0.1, 0.15) is 5.75 Å². The third-order valence-corrected chi connectivity index (χ3v) is 4.51. The van der Waals surface area contributed by atoms with Gasteiger partial charge < -0.3 is 10.1 Å². The molecule has 0 aliphatic carbocycles. The summed E-state index contributed by atoms with van der Waals surface area (Å²) in [5, 5.41) is 3.55. The van der Waals surface area contributed by atoms with Crippen LogP contribution in [0.3, 0.4) is 0 Å². The van der Waals surface area contributed by atoms with Crippen molar-refractivity contribution in [3.63, 3.8) is 0 Å². The van der Waals surface area contributed by atoms with Crippen LogP contribution in [0.1, 0.15) is 24.1 Å². The highest BCUT2D eigenvalue weighted by atomic mass is 32.2. The largest absolute Gasteiger partial charge is 0.496 e. The van der Waals surface area contributed by atoms with Crippen molar-refractivity contribution in [2.45, 2.75) is 24.8 Å². The van der Waals surface area contributed by atoms with Crippen molar-refractivity contribution < 1.29 is 4.74 Å². The molecule has 1 atom stereocenters. The molecule has 0 amide bonds. The summed E-state index contributed by atoms with van der Waals surface area (Å²) in [6.45, 7) is 5.20. The Labute approximate surface area is 131 Å². The maximum Gasteiger partial charge on any atom is 0.123 e. The molecule has 112 valence electrons. The van der Waals surface area contributed by atoms with Crippen molar-refractivity contribution in [3.8, 4) is 5.75 Å². The monoisotopic (exact) mass is 301 g/mol. The number of hydrogen-bond donors (Lipinski definition) is 1. The molecule has 0 aliphatic heterocycles. The maximum absolute atomic E-state index is 5.49. The van der Waals surface area contributed by atoms with Crippen LogP contribution in [0.15, 0.2) is 53.4 Å². The Hall–Kier alpha value is -1.45. The zero-order valence-corrected chi connectivity index (χ0v) is 13.7. The van der Waals surface area contributed by atoms with Crippen molar-refractivity contribution in [1.29, 1.82) is 0 Å². The smallest absolute Gasteiger partial charge is 0.123 e. The molecule has 0 heterocycles. The van der Waals surface area contributed by atoms with Crippen LogP contribution in [-0.4, -0.2) is 19.4 Å². The van der Waals surface area contributed by atoms with Gasteiger partial charge in [-0.05, 0) is 31.7 Å². The fraction of sp³-hybridized carbons (Fsp3) is 0.333. The van der Waals surface area contributed by atoms with E-state index in [0.717, 1.165) is 18.0 Å². The molecule has 2 aromatic carbocycles. The van der Waals surface area contributed by atoms with Crippen molar-refractivity contribution in [2.75, 3.05) is 19.4 Å². The summed E-state index contributed by atoms with van der Waals surface area (Å²) in [7, 11) is 1.73. The lowest BCUT2D eigenvalue weighted by atomic mass is 10.1. The average Bonchev–Trinajstić information content (AvgIpc) is 2.53. The third-order valence-electron chi connectivity index (χ3n) is 3.40. The molecule has 0 aliphatic rings. The minimum atomic E-state index is 0.289. The molecule has 0 spiro atoms. The second-order valence-corrected chi connectivity index (χ2v) is 6.07. The minimum Gasteiger partial charge on any atom is -0.496 e. The standard InChI is InChI=1S/C18H23NOS/c1-4-19-17(16-7-5-6-8-18(16)20-3)13-21-15-11-9-14(2)10-12-15/h5-12,17,19H,4,13H2,1-3H3. The molecule has 0 saturated carbocycles. The molecular weight excluding hydrogens is 278 g/mol. The molecule has 2 nitrogen and oxygen atoms in total. The van der Waals surface area contributed by atoms with Gasteiger partial charge >= 0.3 is 0 Å². The van der Waals surface area contributed by atoms with Crippen LogP contribution in [0.5, 0.6) is 5.75 Å². The van der Waals surface area contributed by atoms with Gasteiger partial charge in [0.05, 0.1) is 7.11 Å². The van der Waals surface area contributed by atoms with Crippen molar-refractivity contribution in [2.24, 2.45) is 0 Å². The number of para-hydroxylation sites is 1. The summed E-state index contributed by atoms with van der Waals surface area (Å²) in [6.07, 6.45) is 0. The quantitative estimate of drug-likeness (QED) is 0.764. The van der Waals surface area contributed by atoms with Crippen molar-refractivity contribution >= 4 is 11.8 Å². The first-order valence-corrected chi connectivity index (χ1v) is 8.29. The van der Waals surface area contributed by atoms with E-state index in [1.807, 2.05) is 23.9 Å². The van der Waals surface area contributed by atoms with Gasteiger partial charge in [-0.3, -0.25) is 0 Å². The van der Waals surface area contributed by atoms with Crippen LogP contribution in [-0.2, 0) is 0 Å². The zero-order chi connectivity index (χ0) is 15.1. The molecule has 1 unspecified atom stereocenters. The molecule has 0 saturated heterocycles. The summed E-state index contributed by atoms with van der Waals surface area (Å²) in [4.78, 5) is 1.30. The Balaban J connectivity index is 2.10. The number of hydrogen-bond acceptors (Lipinski definition) is 3. The lowest BCUT2D eigenvalue weighted by Crippen LogP contribution is -2.23. The van der Waals surface area contributed by atoms with Crippen LogP contribution in [0.4, 0.5) is 0 Å². The van der Waals surface area contributed by atoms with Gasteiger partial charge in [0.25, 0.3) is 0 Å². The van der Waals surface area contributed by atoms with E-state index in [1.165, 1.54) is 16.0 Å². The highest BCUT2D eigenvalue weighted by Crippen LogP contribution is 2.30. The first kappa shape index (κ1) is 15.9. The van der Waals surface area contributed by atoms with E-state index < -0.39 is 0 Å². The highest BCUT2D eigenvalue weighted by Gasteiger charge is 2.15. The normalized spacial score (nSPS) is 12.1. The second-order valence-electron chi connectivity index (χ2n) is 4.98. The number of rotatable bonds is 7. The number of benzene rings is 2. The highest BCUT2D eigenvalue weighted by molar-refractivity contribution is 7.99. The van der Waals surface area contributed by atoms with Crippen LogP contribution in [0.2, 0.25) is 0 Å². The van der Waals surface area contributed by atoms with Gasteiger partial charge in [-0.2, -0.15) is 0 Å². The summed E-state index contributed by atoms with van der Waals surface area (Å²) < 4.78 is 5.49. The Bertz CT molecular complexity index is 553. The molecule has 0 fully saturated rings. The molecule has 0 radical (unpaired) electrons. The molecule has 2 aromatic rings. The summed E-state index contributed by atoms with van der Waals surface area (Å²) in [5.74, 6) is 1.94. The third kappa shape index (κ3) is 4.51. The van der Waals surface area contributed by atoms with Gasteiger partial charge in [0, 0.05) is 22.3 Å². The zero-order valence-electron chi connectivity index (χ0n) is 12.9. The molecule has 21 heavy (non-hydrogen) atoms. The number of nitrogens with one attached hydrogen (secondary N) is 1. The molecule has 3 heteroatoms. The van der Waals surface area contributed by atoms with Gasteiger partial charge in [-0.1, -0.05) is 42.8 Å². The number of methoxy groups -OCH3 is 1. The number of aryl methyl sites for hydroxylation is 1. The van der Waals surface area contributed by atoms with Gasteiger partial charge in [0.15, 0.2) is 0 Å². The van der Waals surface area contributed by atoms with Gasteiger partial charge in [-0.15, -0.1) is 11.8 Å². The predicted octanol–water partition coefficient (Wildman–Crippen LogP) is 4.45. The molecule has 2 rings (SSSR count). The SMILES string of the molecule is CCNC(CSc1ccc(C)cc1)c1ccccc1OC. The van der Waals surface area contributed by atoms with E-state index in [2.05, 4.69) is 55.6 Å². The topological polar surface area (TPSA) is 21.3 Å². The molecule has 0 aromatic heterocycles. The van der Waals surface area contributed by atoms with Crippen LogP contribution in [0, 0.1) is 6.92 Å².